The number of halogens is 3. The lowest BCUT2D eigenvalue weighted by Gasteiger charge is -2.28. The molecule has 4 nitrogen and oxygen atoms in total. The molecule has 1 aliphatic rings. The monoisotopic (exact) mass is 288 g/mol. The van der Waals surface area contributed by atoms with Crippen molar-refractivity contribution in [3.63, 3.8) is 0 Å². The van der Waals surface area contributed by atoms with Gasteiger partial charge in [-0.15, -0.1) is 0 Å². The molecule has 108 valence electrons. The van der Waals surface area contributed by atoms with E-state index in [9.17, 15) is 23.1 Å². The normalized spacial score (nSPS) is 18.1. The van der Waals surface area contributed by atoms with Crippen LogP contribution in [0.2, 0.25) is 0 Å². The molecular weight excluding hydrogens is 277 g/mol. The number of aliphatic hydroxyl groups is 1. The number of carboxylic acid groups (broad SMARTS) is 1. The zero-order valence-electron chi connectivity index (χ0n) is 10.4. The van der Waals surface area contributed by atoms with Crippen LogP contribution in [0.15, 0.2) is 17.7 Å². The van der Waals surface area contributed by atoms with Crippen LogP contribution in [-0.4, -0.2) is 28.5 Å². The molecule has 0 amide bonds. The summed E-state index contributed by atoms with van der Waals surface area (Å²) in [6.07, 6.45) is -6.45. The third-order valence-corrected chi connectivity index (χ3v) is 2.88. The number of fused-ring (bicyclic) bond motifs is 1. The fourth-order valence-electron chi connectivity index (χ4n) is 2.09. The minimum Gasteiger partial charge on any atom is -0.478 e. The van der Waals surface area contributed by atoms with E-state index in [1.807, 2.05) is 0 Å². The molecule has 0 aliphatic carbocycles. The second-order valence-corrected chi connectivity index (χ2v) is 4.44. The van der Waals surface area contributed by atoms with Gasteiger partial charge < -0.3 is 14.9 Å². The molecule has 2 N–H and O–H groups in total. The lowest BCUT2D eigenvalue weighted by Crippen LogP contribution is -2.40. The quantitative estimate of drug-likeness (QED) is 0.876. The summed E-state index contributed by atoms with van der Waals surface area (Å²) in [6, 6.07) is 3.00. The van der Waals surface area contributed by atoms with Gasteiger partial charge in [0.05, 0.1) is 12.2 Å². The van der Waals surface area contributed by atoms with E-state index < -0.39 is 30.4 Å². The molecule has 1 aromatic rings. The maximum absolute atomic E-state index is 12.9. The van der Waals surface area contributed by atoms with E-state index in [0.717, 1.165) is 6.08 Å². The fourth-order valence-corrected chi connectivity index (χ4v) is 2.09. The Kier molecular flexibility index (Phi) is 3.47. The molecule has 0 aromatic heterocycles. The van der Waals surface area contributed by atoms with Crippen LogP contribution in [0.25, 0.3) is 6.08 Å². The standard InChI is InChI=1S/C13H11F3O4/c1-6-2-7-4-9(12(18)19)11(13(14,15)16)20-10(7)8(3-6)5-17/h2-4,11,17H,5H2,1H3,(H,18,19). The van der Waals surface area contributed by atoms with Crippen molar-refractivity contribution in [3.8, 4) is 5.75 Å². The van der Waals surface area contributed by atoms with Crippen LogP contribution >= 0.6 is 0 Å². The molecule has 0 saturated carbocycles. The number of carboxylic acids is 1. The lowest BCUT2D eigenvalue weighted by molar-refractivity contribution is -0.187. The van der Waals surface area contributed by atoms with E-state index in [-0.39, 0.29) is 16.9 Å². The number of rotatable bonds is 2. The summed E-state index contributed by atoms with van der Waals surface area (Å²) in [6.45, 7) is 1.19. The van der Waals surface area contributed by atoms with E-state index in [0.29, 0.717) is 5.56 Å². The van der Waals surface area contributed by atoms with Gasteiger partial charge in [-0.05, 0) is 24.6 Å². The molecule has 0 saturated heterocycles. The molecule has 2 rings (SSSR count). The Morgan fingerprint density at radius 2 is 2.05 bits per heavy atom. The molecule has 0 fully saturated rings. The number of benzene rings is 1. The van der Waals surface area contributed by atoms with Gasteiger partial charge in [-0.1, -0.05) is 6.07 Å². The summed E-state index contributed by atoms with van der Waals surface area (Å²) in [7, 11) is 0. The number of alkyl halides is 3. The van der Waals surface area contributed by atoms with Crippen molar-refractivity contribution in [1.82, 2.24) is 0 Å². The van der Waals surface area contributed by atoms with Crippen LogP contribution < -0.4 is 4.74 Å². The van der Waals surface area contributed by atoms with Crippen LogP contribution in [0.3, 0.4) is 0 Å². The first-order chi connectivity index (χ1) is 9.24. The summed E-state index contributed by atoms with van der Waals surface area (Å²) in [5.74, 6) is -1.82. The van der Waals surface area contributed by atoms with E-state index in [1.54, 1.807) is 6.92 Å². The summed E-state index contributed by atoms with van der Waals surface area (Å²) < 4.78 is 43.4. The average Bonchev–Trinajstić information content (AvgIpc) is 2.34. The summed E-state index contributed by atoms with van der Waals surface area (Å²) in [4.78, 5) is 11.0. The number of aryl methyl sites for hydroxylation is 1. The largest absolute Gasteiger partial charge is 0.478 e. The number of ether oxygens (including phenoxy) is 1. The van der Waals surface area contributed by atoms with Gasteiger partial charge in [0.2, 0.25) is 6.10 Å². The highest BCUT2D eigenvalue weighted by atomic mass is 19.4. The summed E-state index contributed by atoms with van der Waals surface area (Å²) in [5, 5.41) is 18.1. The van der Waals surface area contributed by atoms with Gasteiger partial charge in [0.15, 0.2) is 0 Å². The minimum atomic E-state index is -4.85. The molecule has 0 bridgehead atoms. The zero-order chi connectivity index (χ0) is 15.1. The fraction of sp³-hybridized carbons (Fsp3) is 0.308. The molecule has 1 unspecified atom stereocenters. The summed E-state index contributed by atoms with van der Waals surface area (Å²) in [5.41, 5.74) is 0.212. The highest BCUT2D eigenvalue weighted by molar-refractivity contribution is 5.95. The molecule has 0 spiro atoms. The summed E-state index contributed by atoms with van der Waals surface area (Å²) >= 11 is 0. The molecular formula is C13H11F3O4. The van der Waals surface area contributed by atoms with Crippen molar-refractivity contribution in [3.05, 3.63) is 34.4 Å². The first-order valence-corrected chi connectivity index (χ1v) is 5.66. The SMILES string of the molecule is Cc1cc2c(c(CO)c1)OC(C(F)(F)F)C(C(=O)O)=C2. The Morgan fingerprint density at radius 3 is 2.55 bits per heavy atom. The first kappa shape index (κ1) is 14.4. The topological polar surface area (TPSA) is 66.8 Å². The number of aliphatic hydroxyl groups excluding tert-OH is 1. The van der Waals surface area contributed by atoms with Crippen LogP contribution in [0, 0.1) is 6.92 Å². The van der Waals surface area contributed by atoms with Gasteiger partial charge in [-0.3, -0.25) is 0 Å². The number of hydrogen-bond donors (Lipinski definition) is 2. The van der Waals surface area contributed by atoms with Crippen molar-refractivity contribution in [2.45, 2.75) is 25.8 Å². The first-order valence-electron chi connectivity index (χ1n) is 5.66. The smallest absolute Gasteiger partial charge is 0.430 e. The van der Waals surface area contributed by atoms with Crippen LogP contribution in [0.1, 0.15) is 16.7 Å². The molecule has 1 heterocycles. The predicted octanol–water partition coefficient (Wildman–Crippen LogP) is 2.28. The number of aliphatic carboxylic acids is 1. The highest BCUT2D eigenvalue weighted by Crippen LogP contribution is 2.39. The van der Waals surface area contributed by atoms with Crippen molar-refractivity contribution in [2.75, 3.05) is 0 Å². The van der Waals surface area contributed by atoms with Gasteiger partial charge >= 0.3 is 12.1 Å². The maximum atomic E-state index is 12.9. The van der Waals surface area contributed by atoms with Crippen LogP contribution in [0.4, 0.5) is 13.2 Å². The van der Waals surface area contributed by atoms with Gasteiger partial charge in [0.25, 0.3) is 0 Å². The van der Waals surface area contributed by atoms with E-state index in [2.05, 4.69) is 0 Å². The molecule has 1 aromatic carbocycles. The van der Waals surface area contributed by atoms with Crippen molar-refractivity contribution >= 4 is 12.0 Å². The second-order valence-electron chi connectivity index (χ2n) is 4.44. The van der Waals surface area contributed by atoms with Crippen molar-refractivity contribution < 1.29 is 32.9 Å². The van der Waals surface area contributed by atoms with Crippen molar-refractivity contribution in [2.24, 2.45) is 0 Å². The van der Waals surface area contributed by atoms with Gasteiger partial charge in [-0.25, -0.2) is 4.79 Å². The zero-order valence-corrected chi connectivity index (χ0v) is 10.4. The van der Waals surface area contributed by atoms with Gasteiger partial charge in [0, 0.05) is 11.1 Å². The highest BCUT2D eigenvalue weighted by Gasteiger charge is 2.48. The van der Waals surface area contributed by atoms with E-state index >= 15 is 0 Å². The molecule has 1 atom stereocenters. The van der Waals surface area contributed by atoms with Gasteiger partial charge in [0.1, 0.15) is 5.75 Å². The lowest BCUT2D eigenvalue weighted by atomic mass is 9.97. The van der Waals surface area contributed by atoms with E-state index in [4.69, 9.17) is 9.84 Å². The number of carbonyl (C=O) groups is 1. The molecule has 7 heteroatoms. The average molecular weight is 288 g/mol. The Balaban J connectivity index is 2.62. The van der Waals surface area contributed by atoms with Gasteiger partial charge in [-0.2, -0.15) is 13.2 Å². The predicted molar refractivity (Wildman–Crippen MR) is 63.2 cm³/mol. The Hall–Kier alpha value is -2.02. The third-order valence-electron chi connectivity index (χ3n) is 2.88. The molecule has 20 heavy (non-hydrogen) atoms. The Labute approximate surface area is 112 Å². The Morgan fingerprint density at radius 1 is 1.40 bits per heavy atom. The second kappa shape index (κ2) is 4.82. The van der Waals surface area contributed by atoms with Crippen molar-refractivity contribution in [1.29, 1.82) is 0 Å². The third kappa shape index (κ3) is 2.49. The Bertz CT molecular complexity index is 590. The minimum absolute atomic E-state index is 0.134. The number of hydrogen-bond acceptors (Lipinski definition) is 3. The molecule has 0 radical (unpaired) electrons. The molecule has 1 aliphatic heterocycles. The van der Waals surface area contributed by atoms with Crippen LogP contribution in [-0.2, 0) is 11.4 Å². The maximum Gasteiger partial charge on any atom is 0.430 e. The van der Waals surface area contributed by atoms with Crippen LogP contribution in [0.5, 0.6) is 5.75 Å². The van der Waals surface area contributed by atoms with E-state index in [1.165, 1.54) is 12.1 Å².